The zero-order valence-corrected chi connectivity index (χ0v) is 12.3. The van der Waals surface area contributed by atoms with Gasteiger partial charge in [0.15, 0.2) is 0 Å². The molecule has 0 fully saturated rings. The highest BCUT2D eigenvalue weighted by Gasteiger charge is 1.95. The van der Waals surface area contributed by atoms with Crippen molar-refractivity contribution in [3.8, 4) is 11.5 Å². The Bertz CT molecular complexity index is 415. The highest BCUT2D eigenvalue weighted by molar-refractivity contribution is 8.93. The third-order valence-electron chi connectivity index (χ3n) is 1.97. The minimum absolute atomic E-state index is 0. The molecular formula is C13H14Br2O. The standard InChI is InChI=1S/C13H12O.2BrH/c1-11-6-5-9-13(10-11)14-12-7-3-2-4-8-12;;/h2-10H,1H3;2*1H. The fourth-order valence-electron chi connectivity index (χ4n) is 1.30. The molecule has 16 heavy (non-hydrogen) atoms. The molecule has 0 spiro atoms. The molecule has 2 aromatic carbocycles. The smallest absolute Gasteiger partial charge is 0.127 e. The summed E-state index contributed by atoms with van der Waals surface area (Å²) in [7, 11) is 0. The Balaban J connectivity index is 0.00000112. The van der Waals surface area contributed by atoms with Crippen LogP contribution < -0.4 is 4.74 Å². The molecule has 0 bridgehead atoms. The van der Waals surface area contributed by atoms with E-state index in [0.29, 0.717) is 0 Å². The number of rotatable bonds is 2. The zero-order valence-electron chi connectivity index (χ0n) is 8.92. The van der Waals surface area contributed by atoms with E-state index in [4.69, 9.17) is 4.74 Å². The molecule has 0 aliphatic carbocycles. The first kappa shape index (κ1) is 15.2. The average molecular weight is 346 g/mol. The van der Waals surface area contributed by atoms with Crippen molar-refractivity contribution >= 4 is 34.0 Å². The van der Waals surface area contributed by atoms with Gasteiger partial charge in [-0.25, -0.2) is 0 Å². The largest absolute Gasteiger partial charge is 0.457 e. The van der Waals surface area contributed by atoms with Crippen LogP contribution in [0.5, 0.6) is 11.5 Å². The van der Waals surface area contributed by atoms with Crippen LogP contribution in [0.25, 0.3) is 0 Å². The van der Waals surface area contributed by atoms with Crippen molar-refractivity contribution < 1.29 is 4.74 Å². The van der Waals surface area contributed by atoms with E-state index in [1.165, 1.54) is 5.56 Å². The van der Waals surface area contributed by atoms with E-state index in [1.807, 2.05) is 48.5 Å². The molecule has 2 aromatic rings. The van der Waals surface area contributed by atoms with E-state index < -0.39 is 0 Å². The van der Waals surface area contributed by atoms with Crippen LogP contribution in [0.1, 0.15) is 5.56 Å². The fraction of sp³-hybridized carbons (Fsp3) is 0.0769. The molecule has 0 radical (unpaired) electrons. The predicted molar refractivity (Wildman–Crippen MR) is 78.3 cm³/mol. The van der Waals surface area contributed by atoms with E-state index in [0.717, 1.165) is 11.5 Å². The van der Waals surface area contributed by atoms with Gasteiger partial charge in [0.05, 0.1) is 0 Å². The molecule has 0 aliphatic rings. The van der Waals surface area contributed by atoms with Gasteiger partial charge in [-0.3, -0.25) is 0 Å². The number of para-hydroxylation sites is 1. The molecule has 0 saturated heterocycles. The van der Waals surface area contributed by atoms with E-state index in [1.54, 1.807) is 0 Å². The van der Waals surface area contributed by atoms with Crippen LogP contribution in [0.15, 0.2) is 54.6 Å². The van der Waals surface area contributed by atoms with Gasteiger partial charge in [-0.1, -0.05) is 30.3 Å². The lowest BCUT2D eigenvalue weighted by Gasteiger charge is -2.05. The van der Waals surface area contributed by atoms with Crippen LogP contribution in [0.3, 0.4) is 0 Å². The molecule has 86 valence electrons. The number of hydrogen-bond donors (Lipinski definition) is 0. The molecule has 0 amide bonds. The first-order valence-corrected chi connectivity index (χ1v) is 4.64. The summed E-state index contributed by atoms with van der Waals surface area (Å²) in [6.07, 6.45) is 0. The van der Waals surface area contributed by atoms with Gasteiger partial charge in [-0.15, -0.1) is 34.0 Å². The van der Waals surface area contributed by atoms with Crippen LogP contribution in [0.2, 0.25) is 0 Å². The van der Waals surface area contributed by atoms with E-state index in [-0.39, 0.29) is 34.0 Å². The van der Waals surface area contributed by atoms with Crippen molar-refractivity contribution in [2.75, 3.05) is 0 Å². The molecule has 0 atom stereocenters. The summed E-state index contributed by atoms with van der Waals surface area (Å²) in [5.74, 6) is 1.76. The maximum Gasteiger partial charge on any atom is 0.127 e. The SMILES string of the molecule is Br.Br.Cc1cccc(Oc2ccccc2)c1. The maximum atomic E-state index is 5.66. The summed E-state index contributed by atoms with van der Waals surface area (Å²) in [5, 5.41) is 0. The monoisotopic (exact) mass is 344 g/mol. The minimum Gasteiger partial charge on any atom is -0.457 e. The van der Waals surface area contributed by atoms with Crippen molar-refractivity contribution in [3.63, 3.8) is 0 Å². The Morgan fingerprint density at radius 1 is 0.750 bits per heavy atom. The normalized spacial score (nSPS) is 8.56. The van der Waals surface area contributed by atoms with E-state index in [2.05, 4.69) is 13.0 Å². The Labute approximate surface area is 117 Å². The van der Waals surface area contributed by atoms with Crippen molar-refractivity contribution in [2.45, 2.75) is 6.92 Å². The van der Waals surface area contributed by atoms with Gasteiger partial charge in [-0.2, -0.15) is 0 Å². The second kappa shape index (κ2) is 7.47. The van der Waals surface area contributed by atoms with Crippen molar-refractivity contribution in [1.29, 1.82) is 0 Å². The van der Waals surface area contributed by atoms with Crippen LogP contribution in [-0.2, 0) is 0 Å². The van der Waals surface area contributed by atoms with E-state index >= 15 is 0 Å². The summed E-state index contributed by atoms with van der Waals surface area (Å²) < 4.78 is 5.66. The zero-order chi connectivity index (χ0) is 9.80. The topological polar surface area (TPSA) is 9.23 Å². The van der Waals surface area contributed by atoms with Crippen molar-refractivity contribution in [3.05, 3.63) is 60.2 Å². The fourth-order valence-corrected chi connectivity index (χ4v) is 1.30. The lowest BCUT2D eigenvalue weighted by Crippen LogP contribution is -1.83. The van der Waals surface area contributed by atoms with Gasteiger partial charge < -0.3 is 4.74 Å². The molecule has 0 saturated carbocycles. The summed E-state index contributed by atoms with van der Waals surface area (Å²) in [6.45, 7) is 2.05. The highest BCUT2D eigenvalue weighted by atomic mass is 79.9. The second-order valence-electron chi connectivity index (χ2n) is 3.23. The Morgan fingerprint density at radius 2 is 1.38 bits per heavy atom. The molecule has 0 aromatic heterocycles. The maximum absolute atomic E-state index is 5.66. The summed E-state index contributed by atoms with van der Waals surface area (Å²) in [5.41, 5.74) is 1.21. The number of benzene rings is 2. The third-order valence-corrected chi connectivity index (χ3v) is 1.97. The van der Waals surface area contributed by atoms with Crippen molar-refractivity contribution in [1.82, 2.24) is 0 Å². The lowest BCUT2D eigenvalue weighted by atomic mass is 10.2. The second-order valence-corrected chi connectivity index (χ2v) is 3.23. The Kier molecular flexibility index (Phi) is 7.10. The van der Waals surface area contributed by atoms with Crippen LogP contribution in [0.4, 0.5) is 0 Å². The van der Waals surface area contributed by atoms with Gasteiger partial charge in [-0.05, 0) is 36.8 Å². The Morgan fingerprint density at radius 3 is 2.00 bits per heavy atom. The molecule has 0 heterocycles. The molecular weight excluding hydrogens is 332 g/mol. The number of hydrogen-bond acceptors (Lipinski definition) is 1. The molecule has 2 rings (SSSR count). The summed E-state index contributed by atoms with van der Waals surface area (Å²) in [4.78, 5) is 0. The molecule has 3 heteroatoms. The first-order chi connectivity index (χ1) is 6.84. The number of halogens is 2. The summed E-state index contributed by atoms with van der Waals surface area (Å²) in [6, 6.07) is 17.8. The number of aryl methyl sites for hydroxylation is 1. The van der Waals surface area contributed by atoms with E-state index in [9.17, 15) is 0 Å². The molecule has 0 unspecified atom stereocenters. The quantitative estimate of drug-likeness (QED) is 0.748. The minimum atomic E-state index is 0. The molecule has 1 nitrogen and oxygen atoms in total. The number of ether oxygens (including phenoxy) is 1. The lowest BCUT2D eigenvalue weighted by molar-refractivity contribution is 0.482. The van der Waals surface area contributed by atoms with Gasteiger partial charge in [0, 0.05) is 0 Å². The molecule has 0 aliphatic heterocycles. The average Bonchev–Trinajstić information content (AvgIpc) is 2.19. The summed E-state index contributed by atoms with van der Waals surface area (Å²) >= 11 is 0. The highest BCUT2D eigenvalue weighted by Crippen LogP contribution is 2.21. The van der Waals surface area contributed by atoms with Gasteiger partial charge >= 0.3 is 0 Å². The van der Waals surface area contributed by atoms with Gasteiger partial charge in [0.2, 0.25) is 0 Å². The van der Waals surface area contributed by atoms with Crippen molar-refractivity contribution in [2.24, 2.45) is 0 Å². The predicted octanol–water partition coefficient (Wildman–Crippen LogP) is 4.94. The van der Waals surface area contributed by atoms with Gasteiger partial charge in [0.25, 0.3) is 0 Å². The third kappa shape index (κ3) is 4.37. The van der Waals surface area contributed by atoms with Gasteiger partial charge in [0.1, 0.15) is 11.5 Å². The Hall–Kier alpha value is -0.800. The van der Waals surface area contributed by atoms with Crippen LogP contribution in [-0.4, -0.2) is 0 Å². The first-order valence-electron chi connectivity index (χ1n) is 4.64. The van der Waals surface area contributed by atoms with Crippen LogP contribution in [0, 0.1) is 6.92 Å². The molecule has 0 N–H and O–H groups in total. The van der Waals surface area contributed by atoms with Crippen LogP contribution >= 0.6 is 34.0 Å².